The molecule has 1 aliphatic rings. The number of benzene rings is 1. The third kappa shape index (κ3) is 4.87. The van der Waals surface area contributed by atoms with E-state index in [9.17, 15) is 0 Å². The Morgan fingerprint density at radius 2 is 2.05 bits per heavy atom. The smallest absolute Gasteiger partial charge is 0.199 e. The van der Waals surface area contributed by atoms with Gasteiger partial charge in [-0.05, 0) is 37.3 Å². The van der Waals surface area contributed by atoms with Crippen LogP contribution in [0.5, 0.6) is 5.75 Å². The standard InChI is InChI=1S/C17H26O2/c1-2-3-4-5-10-15-11-6-7-12-16(15)19-17-13-8-9-14-18-17/h6-7,11-12,17H,2-5,8-10,13-14H2,1H3. The van der Waals surface area contributed by atoms with Crippen LogP contribution in [0, 0.1) is 0 Å². The van der Waals surface area contributed by atoms with Gasteiger partial charge in [-0.2, -0.15) is 0 Å². The zero-order chi connectivity index (χ0) is 13.3. The predicted molar refractivity (Wildman–Crippen MR) is 78.5 cm³/mol. The lowest BCUT2D eigenvalue weighted by Gasteiger charge is -2.24. The molecule has 1 aliphatic heterocycles. The first-order valence-corrected chi connectivity index (χ1v) is 7.76. The number of unbranched alkanes of at least 4 members (excludes halogenated alkanes) is 3. The Kier molecular flexibility index (Phi) is 6.22. The lowest BCUT2D eigenvalue weighted by molar-refractivity contribution is -0.106. The SMILES string of the molecule is CCCCCCc1ccccc1OC1CCCCO1. The monoisotopic (exact) mass is 262 g/mol. The quantitative estimate of drug-likeness (QED) is 0.662. The topological polar surface area (TPSA) is 18.5 Å². The molecule has 1 heterocycles. The van der Waals surface area contributed by atoms with Gasteiger partial charge in [0.15, 0.2) is 6.29 Å². The van der Waals surface area contributed by atoms with Crippen molar-refractivity contribution in [3.05, 3.63) is 29.8 Å². The normalized spacial score (nSPS) is 19.3. The van der Waals surface area contributed by atoms with Crippen molar-refractivity contribution in [3.8, 4) is 5.75 Å². The molecule has 1 saturated heterocycles. The molecule has 0 bridgehead atoms. The van der Waals surface area contributed by atoms with Crippen molar-refractivity contribution in [1.29, 1.82) is 0 Å². The van der Waals surface area contributed by atoms with Crippen LogP contribution < -0.4 is 4.74 Å². The largest absolute Gasteiger partial charge is 0.465 e. The highest BCUT2D eigenvalue weighted by atomic mass is 16.7. The summed E-state index contributed by atoms with van der Waals surface area (Å²) in [6, 6.07) is 8.41. The van der Waals surface area contributed by atoms with Crippen molar-refractivity contribution < 1.29 is 9.47 Å². The first-order chi connectivity index (χ1) is 9.40. The van der Waals surface area contributed by atoms with Crippen molar-refractivity contribution >= 4 is 0 Å². The molecule has 0 radical (unpaired) electrons. The molecular formula is C17H26O2. The van der Waals surface area contributed by atoms with Gasteiger partial charge in [-0.15, -0.1) is 0 Å². The van der Waals surface area contributed by atoms with Gasteiger partial charge < -0.3 is 9.47 Å². The van der Waals surface area contributed by atoms with Crippen LogP contribution in [0.15, 0.2) is 24.3 Å². The number of rotatable bonds is 7. The predicted octanol–water partition coefficient (Wildman–Crippen LogP) is 4.71. The van der Waals surface area contributed by atoms with Crippen LogP contribution in [0.3, 0.4) is 0 Å². The van der Waals surface area contributed by atoms with Gasteiger partial charge in [-0.3, -0.25) is 0 Å². The van der Waals surface area contributed by atoms with E-state index in [1.165, 1.54) is 44.1 Å². The van der Waals surface area contributed by atoms with Crippen molar-refractivity contribution in [1.82, 2.24) is 0 Å². The summed E-state index contributed by atoms with van der Waals surface area (Å²) >= 11 is 0. The molecule has 0 amide bonds. The molecule has 106 valence electrons. The summed E-state index contributed by atoms with van der Waals surface area (Å²) in [5.74, 6) is 1.02. The first-order valence-electron chi connectivity index (χ1n) is 7.76. The van der Waals surface area contributed by atoms with Crippen molar-refractivity contribution in [2.75, 3.05) is 6.61 Å². The molecule has 2 nitrogen and oxygen atoms in total. The highest BCUT2D eigenvalue weighted by Gasteiger charge is 2.16. The average molecular weight is 262 g/mol. The summed E-state index contributed by atoms with van der Waals surface area (Å²) in [5.41, 5.74) is 1.33. The van der Waals surface area contributed by atoms with Gasteiger partial charge >= 0.3 is 0 Å². The van der Waals surface area contributed by atoms with E-state index in [1.807, 2.05) is 6.07 Å². The number of para-hydroxylation sites is 1. The van der Waals surface area contributed by atoms with E-state index >= 15 is 0 Å². The molecule has 0 aliphatic carbocycles. The molecule has 0 spiro atoms. The van der Waals surface area contributed by atoms with Crippen molar-refractivity contribution in [3.63, 3.8) is 0 Å². The van der Waals surface area contributed by atoms with Crippen LogP contribution in [0.2, 0.25) is 0 Å². The molecule has 0 aromatic heterocycles. The van der Waals surface area contributed by atoms with Crippen LogP contribution in [0.1, 0.15) is 57.4 Å². The van der Waals surface area contributed by atoms with Crippen LogP contribution in [-0.2, 0) is 11.2 Å². The highest BCUT2D eigenvalue weighted by molar-refractivity contribution is 5.33. The van der Waals surface area contributed by atoms with Gasteiger partial charge in [0.1, 0.15) is 5.75 Å². The lowest BCUT2D eigenvalue weighted by Crippen LogP contribution is -2.25. The van der Waals surface area contributed by atoms with Crippen molar-refractivity contribution in [2.45, 2.75) is 64.6 Å². The Hall–Kier alpha value is -1.02. The second kappa shape index (κ2) is 8.21. The van der Waals surface area contributed by atoms with Crippen LogP contribution in [0.4, 0.5) is 0 Å². The van der Waals surface area contributed by atoms with Gasteiger partial charge in [0.2, 0.25) is 0 Å². The third-order valence-electron chi connectivity index (χ3n) is 3.67. The minimum Gasteiger partial charge on any atom is -0.465 e. The first kappa shape index (κ1) is 14.4. The zero-order valence-electron chi connectivity index (χ0n) is 12.1. The molecule has 2 heteroatoms. The maximum atomic E-state index is 6.02. The van der Waals surface area contributed by atoms with E-state index in [4.69, 9.17) is 9.47 Å². The number of hydrogen-bond donors (Lipinski definition) is 0. The maximum Gasteiger partial charge on any atom is 0.199 e. The second-order valence-corrected chi connectivity index (χ2v) is 5.33. The minimum absolute atomic E-state index is 0.0365. The Morgan fingerprint density at radius 3 is 2.84 bits per heavy atom. The minimum atomic E-state index is -0.0365. The Labute approximate surface area is 117 Å². The summed E-state index contributed by atoms with van der Waals surface area (Å²) in [6.07, 6.45) is 9.65. The van der Waals surface area contributed by atoms with Gasteiger partial charge in [-0.1, -0.05) is 44.4 Å². The Morgan fingerprint density at radius 1 is 1.16 bits per heavy atom. The molecule has 0 saturated carbocycles. The van der Waals surface area contributed by atoms with Crippen LogP contribution in [0.25, 0.3) is 0 Å². The molecule has 1 fully saturated rings. The number of aryl methyl sites for hydroxylation is 1. The summed E-state index contributed by atoms with van der Waals surface area (Å²) in [7, 11) is 0. The average Bonchev–Trinajstić information content (AvgIpc) is 2.46. The molecule has 1 aromatic rings. The van der Waals surface area contributed by atoms with E-state index in [0.717, 1.165) is 25.2 Å². The zero-order valence-corrected chi connectivity index (χ0v) is 12.1. The van der Waals surface area contributed by atoms with Crippen molar-refractivity contribution in [2.24, 2.45) is 0 Å². The van der Waals surface area contributed by atoms with E-state index in [2.05, 4.69) is 25.1 Å². The molecule has 0 N–H and O–H groups in total. The Bertz CT molecular complexity index is 356. The van der Waals surface area contributed by atoms with E-state index in [-0.39, 0.29) is 6.29 Å². The Balaban J connectivity index is 1.87. The molecule has 2 rings (SSSR count). The fourth-order valence-corrected chi connectivity index (χ4v) is 2.51. The summed E-state index contributed by atoms with van der Waals surface area (Å²) in [5, 5.41) is 0. The van der Waals surface area contributed by atoms with Gasteiger partial charge in [0.25, 0.3) is 0 Å². The van der Waals surface area contributed by atoms with Gasteiger partial charge in [0.05, 0.1) is 6.61 Å². The van der Waals surface area contributed by atoms with E-state index < -0.39 is 0 Å². The maximum absolute atomic E-state index is 6.02. The summed E-state index contributed by atoms with van der Waals surface area (Å²) < 4.78 is 11.7. The molecule has 1 aromatic carbocycles. The summed E-state index contributed by atoms with van der Waals surface area (Å²) in [4.78, 5) is 0. The van der Waals surface area contributed by atoms with E-state index in [0.29, 0.717) is 0 Å². The van der Waals surface area contributed by atoms with E-state index in [1.54, 1.807) is 0 Å². The van der Waals surface area contributed by atoms with Crippen LogP contribution >= 0.6 is 0 Å². The molecule has 19 heavy (non-hydrogen) atoms. The number of hydrogen-bond acceptors (Lipinski definition) is 2. The van der Waals surface area contributed by atoms with Gasteiger partial charge in [-0.25, -0.2) is 0 Å². The van der Waals surface area contributed by atoms with Crippen LogP contribution in [-0.4, -0.2) is 12.9 Å². The van der Waals surface area contributed by atoms with Gasteiger partial charge in [0, 0.05) is 6.42 Å². The molecule has 1 unspecified atom stereocenters. The third-order valence-corrected chi connectivity index (χ3v) is 3.67. The highest BCUT2D eigenvalue weighted by Crippen LogP contribution is 2.24. The fourth-order valence-electron chi connectivity index (χ4n) is 2.51. The summed E-state index contributed by atoms with van der Waals surface area (Å²) in [6.45, 7) is 3.08. The molecule has 1 atom stereocenters. The lowest BCUT2D eigenvalue weighted by atomic mass is 10.1. The number of ether oxygens (including phenoxy) is 2. The molecular weight excluding hydrogens is 236 g/mol. The fraction of sp³-hybridized carbons (Fsp3) is 0.647. The second-order valence-electron chi connectivity index (χ2n) is 5.33.